The highest BCUT2D eigenvalue weighted by Gasteiger charge is 2.38. The first-order chi connectivity index (χ1) is 9.00. The maximum atomic E-state index is 13.9. The standard InChI is InChI=1S/C13H11F2NO3/c14-10-6-11(15)9(5-8(10)12(18)19)13(16-7-17)3-1-2-4-13/h5-6H,1-4H2,(H,18,19). The van der Waals surface area contributed by atoms with E-state index < -0.39 is 28.7 Å². The molecule has 0 saturated heterocycles. The molecule has 1 aromatic rings. The number of isocyanates is 1. The largest absolute Gasteiger partial charge is 0.478 e. The quantitative estimate of drug-likeness (QED) is 0.676. The minimum atomic E-state index is -1.48. The predicted molar refractivity (Wildman–Crippen MR) is 61.6 cm³/mol. The molecule has 0 aromatic heterocycles. The van der Waals surface area contributed by atoms with E-state index in [1.165, 1.54) is 6.08 Å². The Kier molecular flexibility index (Phi) is 3.44. The molecule has 0 aliphatic heterocycles. The van der Waals surface area contributed by atoms with Crippen molar-refractivity contribution in [1.82, 2.24) is 0 Å². The van der Waals surface area contributed by atoms with Crippen molar-refractivity contribution in [3.63, 3.8) is 0 Å². The highest BCUT2D eigenvalue weighted by molar-refractivity contribution is 5.88. The van der Waals surface area contributed by atoms with Crippen LogP contribution in [-0.2, 0) is 10.3 Å². The van der Waals surface area contributed by atoms with Gasteiger partial charge in [-0.2, -0.15) is 4.99 Å². The Bertz CT molecular complexity index is 573. The molecule has 0 radical (unpaired) electrons. The normalized spacial score (nSPS) is 16.9. The van der Waals surface area contributed by atoms with Gasteiger partial charge < -0.3 is 5.11 Å². The van der Waals surface area contributed by atoms with Crippen molar-refractivity contribution in [3.8, 4) is 0 Å². The molecule has 1 fully saturated rings. The van der Waals surface area contributed by atoms with Crippen LogP contribution in [0, 0.1) is 11.6 Å². The van der Waals surface area contributed by atoms with Crippen LogP contribution in [0.5, 0.6) is 0 Å². The number of hydrogen-bond donors (Lipinski definition) is 1. The van der Waals surface area contributed by atoms with Gasteiger partial charge in [-0.3, -0.25) is 0 Å². The van der Waals surface area contributed by atoms with Crippen LogP contribution in [0.15, 0.2) is 17.1 Å². The lowest BCUT2D eigenvalue weighted by atomic mass is 9.87. The van der Waals surface area contributed by atoms with Crippen molar-refractivity contribution >= 4 is 12.0 Å². The number of halogens is 2. The summed E-state index contributed by atoms with van der Waals surface area (Å²) >= 11 is 0. The monoisotopic (exact) mass is 267 g/mol. The van der Waals surface area contributed by atoms with Crippen LogP contribution in [0.3, 0.4) is 0 Å². The van der Waals surface area contributed by atoms with Crippen LogP contribution >= 0.6 is 0 Å². The Morgan fingerprint density at radius 2 is 1.89 bits per heavy atom. The number of aromatic carboxylic acids is 1. The Morgan fingerprint density at radius 1 is 1.26 bits per heavy atom. The zero-order valence-electron chi connectivity index (χ0n) is 9.95. The Morgan fingerprint density at radius 3 is 2.42 bits per heavy atom. The van der Waals surface area contributed by atoms with Gasteiger partial charge >= 0.3 is 5.97 Å². The molecule has 0 spiro atoms. The average Bonchev–Trinajstić information content (AvgIpc) is 2.78. The molecule has 0 amide bonds. The van der Waals surface area contributed by atoms with Crippen LogP contribution < -0.4 is 0 Å². The van der Waals surface area contributed by atoms with Crippen molar-refractivity contribution in [3.05, 3.63) is 34.9 Å². The first kappa shape index (κ1) is 13.4. The highest BCUT2D eigenvalue weighted by atomic mass is 19.1. The number of benzene rings is 1. The number of carbonyl (C=O) groups excluding carboxylic acids is 1. The summed E-state index contributed by atoms with van der Waals surface area (Å²) in [4.78, 5) is 25.1. The van der Waals surface area contributed by atoms with Gasteiger partial charge in [0.25, 0.3) is 0 Å². The van der Waals surface area contributed by atoms with E-state index in [-0.39, 0.29) is 5.56 Å². The molecule has 1 saturated carbocycles. The number of carbonyl (C=O) groups is 1. The molecular weight excluding hydrogens is 256 g/mol. The van der Waals surface area contributed by atoms with E-state index >= 15 is 0 Å². The number of carboxylic acids is 1. The molecule has 1 aliphatic carbocycles. The van der Waals surface area contributed by atoms with Gasteiger partial charge in [0.15, 0.2) is 0 Å². The van der Waals surface area contributed by atoms with Crippen LogP contribution in [0.4, 0.5) is 8.78 Å². The van der Waals surface area contributed by atoms with Crippen LogP contribution in [-0.4, -0.2) is 17.2 Å². The van der Waals surface area contributed by atoms with E-state index in [1.54, 1.807) is 0 Å². The fourth-order valence-corrected chi connectivity index (χ4v) is 2.56. The lowest BCUT2D eigenvalue weighted by Crippen LogP contribution is -2.22. The minimum Gasteiger partial charge on any atom is -0.478 e. The van der Waals surface area contributed by atoms with Gasteiger partial charge in [-0.15, -0.1) is 0 Å². The van der Waals surface area contributed by atoms with Crippen LogP contribution in [0.25, 0.3) is 0 Å². The first-order valence-electron chi connectivity index (χ1n) is 5.82. The maximum Gasteiger partial charge on any atom is 0.338 e. The average molecular weight is 267 g/mol. The topological polar surface area (TPSA) is 66.7 Å². The molecule has 100 valence electrons. The van der Waals surface area contributed by atoms with Gasteiger partial charge in [-0.05, 0) is 18.9 Å². The van der Waals surface area contributed by atoms with Gasteiger partial charge in [0.05, 0.1) is 5.56 Å². The SMILES string of the molecule is O=C=NC1(c2cc(C(=O)O)c(F)cc2F)CCCC1. The van der Waals surface area contributed by atoms with Crippen molar-refractivity contribution in [1.29, 1.82) is 0 Å². The van der Waals surface area contributed by atoms with Gasteiger partial charge in [-0.1, -0.05) is 12.8 Å². The molecule has 6 heteroatoms. The molecule has 0 unspecified atom stereocenters. The lowest BCUT2D eigenvalue weighted by Gasteiger charge is -2.23. The summed E-state index contributed by atoms with van der Waals surface area (Å²) in [6.45, 7) is 0. The van der Waals surface area contributed by atoms with Crippen molar-refractivity contribution in [2.75, 3.05) is 0 Å². The molecule has 1 N–H and O–H groups in total. The first-order valence-corrected chi connectivity index (χ1v) is 5.82. The Balaban J connectivity index is 2.63. The van der Waals surface area contributed by atoms with Crippen molar-refractivity contribution in [2.24, 2.45) is 4.99 Å². The molecule has 0 atom stereocenters. The molecule has 19 heavy (non-hydrogen) atoms. The number of rotatable bonds is 3. The molecular formula is C13H11F2NO3. The smallest absolute Gasteiger partial charge is 0.338 e. The molecule has 0 bridgehead atoms. The Hall–Kier alpha value is -2.07. The van der Waals surface area contributed by atoms with Crippen LogP contribution in [0.2, 0.25) is 0 Å². The number of carboxylic acid groups (broad SMARTS) is 1. The summed E-state index contributed by atoms with van der Waals surface area (Å²) in [5, 5.41) is 8.87. The van der Waals surface area contributed by atoms with E-state index in [9.17, 15) is 18.4 Å². The van der Waals surface area contributed by atoms with Gasteiger partial charge in [-0.25, -0.2) is 18.4 Å². The Labute approximate surface area is 107 Å². The second kappa shape index (κ2) is 4.90. The summed E-state index contributed by atoms with van der Waals surface area (Å²) < 4.78 is 27.2. The van der Waals surface area contributed by atoms with Crippen molar-refractivity contribution in [2.45, 2.75) is 31.2 Å². The number of hydrogen-bond acceptors (Lipinski definition) is 3. The van der Waals surface area contributed by atoms with Gasteiger partial charge in [0.1, 0.15) is 17.2 Å². The second-order valence-electron chi connectivity index (χ2n) is 4.56. The summed E-state index contributed by atoms with van der Waals surface area (Å²) in [5.74, 6) is -3.51. The zero-order chi connectivity index (χ0) is 14.0. The fraction of sp³-hybridized carbons (Fsp3) is 0.385. The minimum absolute atomic E-state index is 0.0489. The lowest BCUT2D eigenvalue weighted by molar-refractivity contribution is 0.0691. The predicted octanol–water partition coefficient (Wildman–Crippen LogP) is 2.77. The molecule has 4 nitrogen and oxygen atoms in total. The van der Waals surface area contributed by atoms with Crippen molar-refractivity contribution < 1.29 is 23.5 Å². The summed E-state index contributed by atoms with van der Waals surface area (Å²) in [7, 11) is 0. The number of nitrogens with zero attached hydrogens (tertiary/aromatic N) is 1. The molecule has 1 aromatic carbocycles. The fourth-order valence-electron chi connectivity index (χ4n) is 2.56. The second-order valence-corrected chi connectivity index (χ2v) is 4.56. The van der Waals surface area contributed by atoms with E-state index in [2.05, 4.69) is 4.99 Å². The van der Waals surface area contributed by atoms with Gasteiger partial charge in [0.2, 0.25) is 6.08 Å². The van der Waals surface area contributed by atoms with Crippen LogP contribution in [0.1, 0.15) is 41.6 Å². The third-order valence-electron chi connectivity index (χ3n) is 3.48. The third-order valence-corrected chi connectivity index (χ3v) is 3.48. The third kappa shape index (κ3) is 2.27. The van der Waals surface area contributed by atoms with E-state index in [0.29, 0.717) is 18.9 Å². The molecule has 0 heterocycles. The van der Waals surface area contributed by atoms with Gasteiger partial charge in [0, 0.05) is 11.6 Å². The molecule has 2 rings (SSSR count). The summed E-state index contributed by atoms with van der Waals surface area (Å²) in [5.41, 5.74) is -1.78. The zero-order valence-corrected chi connectivity index (χ0v) is 9.95. The van der Waals surface area contributed by atoms with E-state index in [0.717, 1.165) is 18.9 Å². The number of aliphatic imine (C=N–C) groups is 1. The highest BCUT2D eigenvalue weighted by Crippen LogP contribution is 2.43. The van der Waals surface area contributed by atoms with E-state index in [4.69, 9.17) is 5.11 Å². The molecule has 1 aliphatic rings. The van der Waals surface area contributed by atoms with E-state index in [1.807, 2.05) is 0 Å². The summed E-state index contributed by atoms with van der Waals surface area (Å²) in [6, 6.07) is 1.46. The summed E-state index contributed by atoms with van der Waals surface area (Å²) in [6.07, 6.45) is 3.73. The maximum absolute atomic E-state index is 13.9.